The molecule has 1 saturated heterocycles. The maximum atomic E-state index is 5.65. The number of ether oxygens (including phenoxy) is 1. The molecule has 0 bridgehead atoms. The second-order valence-electron chi connectivity index (χ2n) is 4.52. The average molecular weight is 267 g/mol. The monoisotopic (exact) mass is 267 g/mol. The lowest BCUT2D eigenvalue weighted by atomic mass is 10.0. The minimum Gasteiger partial charge on any atom is -0.478 e. The van der Waals surface area contributed by atoms with Crippen molar-refractivity contribution in [1.29, 1.82) is 0 Å². The van der Waals surface area contributed by atoms with Crippen LogP contribution in [-0.4, -0.2) is 35.4 Å². The molecule has 2 heterocycles. The van der Waals surface area contributed by atoms with Gasteiger partial charge >= 0.3 is 0 Å². The highest BCUT2D eigenvalue weighted by Gasteiger charge is 2.11. The van der Waals surface area contributed by atoms with Crippen LogP contribution in [0.1, 0.15) is 32.1 Å². The van der Waals surface area contributed by atoms with Crippen LogP contribution >= 0.6 is 11.8 Å². The molecule has 0 spiro atoms. The molecule has 1 fully saturated rings. The summed E-state index contributed by atoms with van der Waals surface area (Å²) in [5.74, 6) is 0.686. The topological polar surface area (TPSA) is 47.0 Å². The summed E-state index contributed by atoms with van der Waals surface area (Å²) < 4.78 is 5.65. The van der Waals surface area contributed by atoms with Crippen molar-refractivity contribution in [2.45, 2.75) is 43.3 Å². The van der Waals surface area contributed by atoms with Crippen LogP contribution in [0.4, 0.5) is 0 Å². The molecule has 18 heavy (non-hydrogen) atoms. The van der Waals surface area contributed by atoms with Crippen molar-refractivity contribution in [3.8, 4) is 5.88 Å². The first-order valence-electron chi connectivity index (χ1n) is 6.61. The quantitative estimate of drug-likeness (QED) is 0.487. The summed E-state index contributed by atoms with van der Waals surface area (Å²) in [4.78, 5) is 8.41. The number of piperidine rings is 1. The Hall–Kier alpha value is -0.810. The molecule has 1 aromatic heterocycles. The van der Waals surface area contributed by atoms with Crippen molar-refractivity contribution in [1.82, 2.24) is 15.3 Å². The van der Waals surface area contributed by atoms with Gasteiger partial charge < -0.3 is 10.1 Å². The van der Waals surface area contributed by atoms with Crippen molar-refractivity contribution >= 4 is 11.8 Å². The van der Waals surface area contributed by atoms with E-state index >= 15 is 0 Å². The molecule has 0 radical (unpaired) electrons. The van der Waals surface area contributed by atoms with E-state index in [1.54, 1.807) is 6.20 Å². The zero-order valence-electron chi connectivity index (χ0n) is 10.9. The average Bonchev–Trinajstić information content (AvgIpc) is 2.45. The van der Waals surface area contributed by atoms with Crippen molar-refractivity contribution in [2.75, 3.05) is 19.4 Å². The Balaban J connectivity index is 1.65. The fraction of sp³-hybridized carbons (Fsp3) is 0.692. The van der Waals surface area contributed by atoms with Gasteiger partial charge in [-0.2, -0.15) is 4.98 Å². The molecule has 0 aliphatic carbocycles. The number of hydrogen-bond acceptors (Lipinski definition) is 5. The van der Waals surface area contributed by atoms with Crippen LogP contribution in [0.5, 0.6) is 5.88 Å². The molecular weight excluding hydrogens is 246 g/mol. The van der Waals surface area contributed by atoms with Crippen molar-refractivity contribution in [3.63, 3.8) is 0 Å². The van der Waals surface area contributed by atoms with Crippen LogP contribution < -0.4 is 10.1 Å². The number of thioether (sulfide) groups is 1. The van der Waals surface area contributed by atoms with Gasteiger partial charge in [0.2, 0.25) is 5.88 Å². The highest BCUT2D eigenvalue weighted by atomic mass is 32.2. The Morgan fingerprint density at radius 2 is 2.44 bits per heavy atom. The zero-order valence-corrected chi connectivity index (χ0v) is 11.7. The number of nitrogens with one attached hydrogen (secondary N) is 1. The molecule has 1 N–H and O–H groups in total. The summed E-state index contributed by atoms with van der Waals surface area (Å²) in [5.41, 5.74) is 0. The van der Waals surface area contributed by atoms with E-state index in [1.807, 2.05) is 12.3 Å². The van der Waals surface area contributed by atoms with Gasteiger partial charge in [0.15, 0.2) is 5.16 Å². The molecule has 1 aliphatic rings. The molecule has 1 atom stereocenters. The fourth-order valence-corrected chi connectivity index (χ4v) is 2.53. The predicted octanol–water partition coefficient (Wildman–Crippen LogP) is 2.50. The van der Waals surface area contributed by atoms with E-state index < -0.39 is 0 Å². The van der Waals surface area contributed by atoms with Crippen LogP contribution in [0.3, 0.4) is 0 Å². The second-order valence-corrected chi connectivity index (χ2v) is 5.29. The van der Waals surface area contributed by atoms with E-state index in [0.29, 0.717) is 11.9 Å². The summed E-state index contributed by atoms with van der Waals surface area (Å²) in [5, 5.41) is 4.32. The third-order valence-corrected chi connectivity index (χ3v) is 3.71. The maximum Gasteiger partial charge on any atom is 0.217 e. The summed E-state index contributed by atoms with van der Waals surface area (Å²) >= 11 is 1.53. The van der Waals surface area contributed by atoms with Crippen LogP contribution in [0.25, 0.3) is 0 Å². The first kappa shape index (κ1) is 13.6. The Kier molecular flexibility index (Phi) is 5.74. The largest absolute Gasteiger partial charge is 0.478 e. The number of nitrogens with zero attached hydrogens (tertiary/aromatic N) is 2. The molecular formula is C13H21N3OS. The first-order valence-corrected chi connectivity index (χ1v) is 7.84. The van der Waals surface area contributed by atoms with Crippen molar-refractivity contribution < 1.29 is 4.74 Å². The molecule has 0 amide bonds. The van der Waals surface area contributed by atoms with Gasteiger partial charge in [-0.05, 0) is 38.5 Å². The molecule has 100 valence electrons. The second kappa shape index (κ2) is 7.59. The Bertz CT molecular complexity index is 356. The van der Waals surface area contributed by atoms with Crippen LogP contribution in [0, 0.1) is 0 Å². The minimum atomic E-state index is 0.686. The summed E-state index contributed by atoms with van der Waals surface area (Å²) in [6.07, 6.45) is 9.98. The van der Waals surface area contributed by atoms with Crippen LogP contribution in [0.2, 0.25) is 0 Å². The van der Waals surface area contributed by atoms with Gasteiger partial charge in [-0.25, -0.2) is 4.98 Å². The summed E-state index contributed by atoms with van der Waals surface area (Å²) in [6, 6.07) is 2.51. The fourth-order valence-electron chi connectivity index (χ4n) is 2.18. The Morgan fingerprint density at radius 3 is 3.22 bits per heavy atom. The highest BCUT2D eigenvalue weighted by Crippen LogP contribution is 2.14. The zero-order chi connectivity index (χ0) is 12.6. The smallest absolute Gasteiger partial charge is 0.217 e. The molecule has 5 heteroatoms. The van der Waals surface area contributed by atoms with Gasteiger partial charge in [-0.1, -0.05) is 18.2 Å². The van der Waals surface area contributed by atoms with Gasteiger partial charge in [0.05, 0.1) is 6.61 Å². The van der Waals surface area contributed by atoms with E-state index in [-0.39, 0.29) is 0 Å². The first-order chi connectivity index (χ1) is 8.88. The van der Waals surface area contributed by atoms with Crippen molar-refractivity contribution in [3.05, 3.63) is 12.3 Å². The Morgan fingerprint density at radius 1 is 1.50 bits per heavy atom. The standard InChI is InChI=1S/C13H21N3OS/c1-18-13-15-9-7-12(16-13)17-10-4-6-11-5-2-3-8-14-11/h7,9,11,14H,2-6,8,10H2,1H3/t11-/m0/s1. The molecule has 0 aromatic carbocycles. The number of hydrogen-bond donors (Lipinski definition) is 1. The van der Waals surface area contributed by atoms with Crippen LogP contribution in [0.15, 0.2) is 17.4 Å². The summed E-state index contributed by atoms with van der Waals surface area (Å²) in [6.45, 7) is 1.91. The maximum absolute atomic E-state index is 5.65. The number of rotatable bonds is 6. The third-order valence-electron chi connectivity index (χ3n) is 3.15. The summed E-state index contributed by atoms with van der Waals surface area (Å²) in [7, 11) is 0. The van der Waals surface area contributed by atoms with Gasteiger partial charge in [0.25, 0.3) is 0 Å². The van der Waals surface area contributed by atoms with E-state index in [9.17, 15) is 0 Å². The predicted molar refractivity (Wildman–Crippen MR) is 74.2 cm³/mol. The molecule has 4 nitrogen and oxygen atoms in total. The minimum absolute atomic E-state index is 0.686. The van der Waals surface area contributed by atoms with Gasteiger partial charge in [-0.15, -0.1) is 0 Å². The van der Waals surface area contributed by atoms with E-state index in [0.717, 1.165) is 18.2 Å². The lowest BCUT2D eigenvalue weighted by Crippen LogP contribution is -2.34. The van der Waals surface area contributed by atoms with Crippen LogP contribution in [-0.2, 0) is 0 Å². The SMILES string of the molecule is CSc1nccc(OCCC[C@@H]2CCCCN2)n1. The lowest BCUT2D eigenvalue weighted by Gasteiger charge is -2.23. The molecule has 2 rings (SSSR count). The molecule has 0 unspecified atom stereocenters. The lowest BCUT2D eigenvalue weighted by molar-refractivity contribution is 0.274. The van der Waals surface area contributed by atoms with Gasteiger partial charge in [0, 0.05) is 18.3 Å². The molecule has 1 aliphatic heterocycles. The van der Waals surface area contributed by atoms with Crippen molar-refractivity contribution in [2.24, 2.45) is 0 Å². The van der Waals surface area contributed by atoms with E-state index in [2.05, 4.69) is 15.3 Å². The van der Waals surface area contributed by atoms with Gasteiger partial charge in [0.1, 0.15) is 0 Å². The number of aromatic nitrogens is 2. The Labute approximate surface area is 113 Å². The highest BCUT2D eigenvalue weighted by molar-refractivity contribution is 7.98. The van der Waals surface area contributed by atoms with Gasteiger partial charge in [-0.3, -0.25) is 0 Å². The molecule has 0 saturated carbocycles. The van der Waals surface area contributed by atoms with E-state index in [4.69, 9.17) is 4.74 Å². The third kappa shape index (κ3) is 4.46. The van der Waals surface area contributed by atoms with E-state index in [1.165, 1.54) is 44.0 Å². The molecule has 1 aromatic rings. The normalized spacial score (nSPS) is 19.7.